The van der Waals surface area contributed by atoms with Gasteiger partial charge >= 0.3 is 6.18 Å². The average Bonchev–Trinajstić information content (AvgIpc) is 3.16. The van der Waals surface area contributed by atoms with E-state index in [1.54, 1.807) is 6.07 Å². The molecule has 39 heavy (non-hydrogen) atoms. The zero-order valence-electron chi connectivity index (χ0n) is 21.9. The lowest BCUT2D eigenvalue weighted by Gasteiger charge is -2.24. The summed E-state index contributed by atoms with van der Waals surface area (Å²) < 4.78 is 45.9. The highest BCUT2D eigenvalue weighted by Gasteiger charge is 2.32. The van der Waals surface area contributed by atoms with Gasteiger partial charge in [-0.25, -0.2) is 4.98 Å². The Labute approximate surface area is 224 Å². The molecule has 0 N–H and O–H groups in total. The van der Waals surface area contributed by atoms with E-state index in [4.69, 9.17) is 9.51 Å². The van der Waals surface area contributed by atoms with Gasteiger partial charge < -0.3 is 14.3 Å². The van der Waals surface area contributed by atoms with Crippen molar-refractivity contribution in [3.05, 3.63) is 71.5 Å². The fourth-order valence-electron chi connectivity index (χ4n) is 4.87. The minimum atomic E-state index is -4.49. The molecule has 1 aliphatic rings. The van der Waals surface area contributed by atoms with Crippen LogP contribution in [0.25, 0.3) is 22.4 Å². The first-order valence-corrected chi connectivity index (χ1v) is 13.1. The fourth-order valence-corrected chi connectivity index (χ4v) is 4.87. The maximum atomic E-state index is 13.4. The Morgan fingerprint density at radius 1 is 1.00 bits per heavy atom. The normalized spacial score (nSPS) is 14.7. The number of carbonyl (C=O) groups excluding carboxylic acids is 1. The second-order valence-electron chi connectivity index (χ2n) is 10.2. The Balaban J connectivity index is 1.48. The van der Waals surface area contributed by atoms with Crippen LogP contribution < -0.4 is 4.90 Å². The van der Waals surface area contributed by atoms with Crippen molar-refractivity contribution in [1.82, 2.24) is 20.0 Å². The lowest BCUT2D eigenvalue weighted by atomic mass is 10.1. The zero-order valence-corrected chi connectivity index (χ0v) is 21.9. The predicted molar refractivity (Wildman–Crippen MR) is 142 cm³/mol. The van der Waals surface area contributed by atoms with Crippen LogP contribution >= 0.6 is 0 Å². The SMILES string of the molecule is CC(C)Cc1nc(N2CCCN(C(=O)Cc3ccccc3)CC2)c2c(-c3cccc(C(F)(F)F)c3)noc2n1. The number of halogens is 3. The van der Waals surface area contributed by atoms with Gasteiger partial charge in [-0.1, -0.05) is 61.5 Å². The van der Waals surface area contributed by atoms with Gasteiger partial charge in [0, 0.05) is 38.2 Å². The van der Waals surface area contributed by atoms with Crippen molar-refractivity contribution < 1.29 is 22.5 Å². The quantitative estimate of drug-likeness (QED) is 0.310. The molecular weight excluding hydrogens is 507 g/mol. The van der Waals surface area contributed by atoms with Crippen LogP contribution in [0.4, 0.5) is 19.0 Å². The first-order valence-electron chi connectivity index (χ1n) is 13.1. The number of nitrogens with zero attached hydrogens (tertiary/aromatic N) is 5. The molecule has 3 heterocycles. The van der Waals surface area contributed by atoms with Crippen molar-refractivity contribution in [2.45, 2.75) is 39.3 Å². The Kier molecular flexibility index (Phi) is 7.54. The fraction of sp³-hybridized carbons (Fsp3) is 0.379. The van der Waals surface area contributed by atoms with Crippen LogP contribution in [0, 0.1) is 5.92 Å². The van der Waals surface area contributed by atoms with Crippen LogP contribution in [0.1, 0.15) is 37.2 Å². The van der Waals surface area contributed by atoms with Crippen LogP contribution in [0.15, 0.2) is 59.1 Å². The third-order valence-corrected chi connectivity index (χ3v) is 6.76. The Morgan fingerprint density at radius 2 is 1.79 bits per heavy atom. The molecule has 0 bridgehead atoms. The van der Waals surface area contributed by atoms with Crippen LogP contribution in [0.2, 0.25) is 0 Å². The van der Waals surface area contributed by atoms with Gasteiger partial charge in [-0.05, 0) is 30.0 Å². The van der Waals surface area contributed by atoms with Crippen molar-refractivity contribution in [2.75, 3.05) is 31.1 Å². The first kappa shape index (κ1) is 26.6. The summed E-state index contributed by atoms with van der Waals surface area (Å²) in [6, 6.07) is 14.7. The standard InChI is InChI=1S/C29H30F3N5O2/c1-19(2)16-23-33-27(37-13-7-12-36(14-15-37)24(38)17-20-8-4-3-5-9-20)25-26(35-39-28(25)34-23)21-10-6-11-22(18-21)29(30,31)32/h3-6,8-11,18-19H,7,12-17H2,1-2H3. The van der Waals surface area contributed by atoms with Gasteiger partial charge in [0.15, 0.2) is 0 Å². The number of alkyl halides is 3. The molecule has 0 saturated carbocycles. The number of hydrogen-bond donors (Lipinski definition) is 0. The lowest BCUT2D eigenvalue weighted by Crippen LogP contribution is -2.36. The van der Waals surface area contributed by atoms with Gasteiger partial charge in [0.1, 0.15) is 22.7 Å². The lowest BCUT2D eigenvalue weighted by molar-refractivity contribution is -0.137. The highest BCUT2D eigenvalue weighted by atomic mass is 19.4. The number of benzene rings is 2. The number of anilines is 1. The average molecular weight is 538 g/mol. The van der Waals surface area contributed by atoms with Crippen molar-refractivity contribution in [1.29, 1.82) is 0 Å². The van der Waals surface area contributed by atoms with Crippen LogP contribution in [0.3, 0.4) is 0 Å². The molecule has 1 fully saturated rings. The van der Waals surface area contributed by atoms with Crippen molar-refractivity contribution >= 4 is 22.8 Å². The number of fused-ring (bicyclic) bond motifs is 1. The summed E-state index contributed by atoms with van der Waals surface area (Å²) in [5.41, 5.74) is 0.985. The van der Waals surface area contributed by atoms with E-state index in [0.29, 0.717) is 56.0 Å². The van der Waals surface area contributed by atoms with Gasteiger partial charge in [-0.15, -0.1) is 0 Å². The van der Waals surface area contributed by atoms with Crippen molar-refractivity contribution in [2.24, 2.45) is 5.92 Å². The summed E-state index contributed by atoms with van der Waals surface area (Å²) >= 11 is 0. The van der Waals surface area contributed by atoms with Crippen LogP contribution in [-0.4, -0.2) is 52.1 Å². The number of amides is 1. The number of aromatic nitrogens is 3. The van der Waals surface area contributed by atoms with Gasteiger partial charge in [0.2, 0.25) is 5.91 Å². The number of rotatable bonds is 6. The second kappa shape index (κ2) is 11.0. The summed E-state index contributed by atoms with van der Waals surface area (Å²) in [7, 11) is 0. The largest absolute Gasteiger partial charge is 0.416 e. The summed E-state index contributed by atoms with van der Waals surface area (Å²) in [4.78, 5) is 26.4. The molecule has 0 atom stereocenters. The van der Waals surface area contributed by atoms with E-state index in [1.165, 1.54) is 6.07 Å². The Morgan fingerprint density at radius 3 is 2.54 bits per heavy atom. The minimum absolute atomic E-state index is 0.0611. The van der Waals surface area contributed by atoms with Gasteiger partial charge in [-0.3, -0.25) is 4.79 Å². The Bertz CT molecular complexity index is 1450. The molecule has 0 aliphatic carbocycles. The summed E-state index contributed by atoms with van der Waals surface area (Å²) in [5, 5.41) is 4.62. The third-order valence-electron chi connectivity index (χ3n) is 6.76. The minimum Gasteiger partial charge on any atom is -0.354 e. The molecular formula is C29H30F3N5O2. The highest BCUT2D eigenvalue weighted by Crippen LogP contribution is 2.37. The monoisotopic (exact) mass is 537 g/mol. The maximum absolute atomic E-state index is 13.4. The van der Waals surface area contributed by atoms with Gasteiger partial charge in [-0.2, -0.15) is 18.2 Å². The molecule has 1 saturated heterocycles. The third kappa shape index (κ3) is 6.05. The molecule has 5 rings (SSSR count). The molecule has 204 valence electrons. The van der Waals surface area contributed by atoms with Crippen molar-refractivity contribution in [3.8, 4) is 11.3 Å². The molecule has 2 aromatic carbocycles. The molecule has 10 heteroatoms. The molecule has 0 unspecified atom stereocenters. The number of carbonyl (C=O) groups is 1. The van der Waals surface area contributed by atoms with E-state index >= 15 is 0 Å². The van der Waals surface area contributed by atoms with Gasteiger partial charge in [0.25, 0.3) is 5.71 Å². The summed E-state index contributed by atoms with van der Waals surface area (Å²) in [6.07, 6.45) is -2.82. The van der Waals surface area contributed by atoms with Gasteiger partial charge in [0.05, 0.1) is 12.0 Å². The maximum Gasteiger partial charge on any atom is 0.416 e. The summed E-state index contributed by atoms with van der Waals surface area (Å²) in [6.45, 7) is 6.37. The van der Waals surface area contributed by atoms with Crippen LogP contribution in [-0.2, 0) is 23.8 Å². The van der Waals surface area contributed by atoms with E-state index in [1.807, 2.05) is 35.2 Å². The Hall–Kier alpha value is -3.95. The zero-order chi connectivity index (χ0) is 27.6. The molecule has 1 aliphatic heterocycles. The molecule has 1 amide bonds. The predicted octanol–water partition coefficient (Wildman–Crippen LogP) is 5.78. The highest BCUT2D eigenvalue weighted by molar-refractivity contribution is 5.98. The second-order valence-corrected chi connectivity index (χ2v) is 10.2. The van der Waals surface area contributed by atoms with Crippen LogP contribution in [0.5, 0.6) is 0 Å². The van der Waals surface area contributed by atoms with E-state index in [2.05, 4.69) is 28.9 Å². The topological polar surface area (TPSA) is 75.4 Å². The molecule has 2 aromatic heterocycles. The molecule has 4 aromatic rings. The summed E-state index contributed by atoms with van der Waals surface area (Å²) in [5.74, 6) is 1.50. The van der Waals surface area contributed by atoms with E-state index in [0.717, 1.165) is 24.1 Å². The van der Waals surface area contributed by atoms with E-state index in [-0.39, 0.29) is 28.8 Å². The van der Waals surface area contributed by atoms with E-state index in [9.17, 15) is 18.0 Å². The smallest absolute Gasteiger partial charge is 0.354 e. The first-order chi connectivity index (χ1) is 18.7. The molecule has 0 radical (unpaired) electrons. The number of hydrogen-bond acceptors (Lipinski definition) is 6. The van der Waals surface area contributed by atoms with E-state index < -0.39 is 11.7 Å². The van der Waals surface area contributed by atoms with Crippen molar-refractivity contribution in [3.63, 3.8) is 0 Å². The molecule has 7 nitrogen and oxygen atoms in total. The molecule has 0 spiro atoms.